The van der Waals surface area contributed by atoms with E-state index < -0.39 is 20.9 Å². The lowest BCUT2D eigenvalue weighted by Gasteiger charge is -2.04. The summed E-state index contributed by atoms with van der Waals surface area (Å²) in [6.07, 6.45) is 1.42. The second-order valence-electron chi connectivity index (χ2n) is 3.67. The van der Waals surface area contributed by atoms with E-state index >= 15 is 0 Å². The summed E-state index contributed by atoms with van der Waals surface area (Å²) in [7, 11) is -3.98. The zero-order valence-electron chi connectivity index (χ0n) is 10.00. The van der Waals surface area contributed by atoms with Crippen LogP contribution in [0.5, 0.6) is 0 Å². The van der Waals surface area contributed by atoms with Crippen molar-refractivity contribution >= 4 is 10.0 Å². The lowest BCUT2D eigenvalue weighted by molar-refractivity contribution is 0.374. The minimum atomic E-state index is -3.98. The van der Waals surface area contributed by atoms with Crippen molar-refractivity contribution in [2.24, 2.45) is 0 Å². The van der Waals surface area contributed by atoms with Crippen molar-refractivity contribution in [2.75, 3.05) is 6.54 Å². The lowest BCUT2D eigenvalue weighted by atomic mass is 10.4. The number of aryl methyl sites for hydroxylation is 1. The van der Waals surface area contributed by atoms with Gasteiger partial charge in [0.15, 0.2) is 11.6 Å². The van der Waals surface area contributed by atoms with Gasteiger partial charge in [-0.2, -0.15) is 4.98 Å². The number of aromatic nitrogens is 3. The molecule has 0 aromatic carbocycles. The van der Waals surface area contributed by atoms with Gasteiger partial charge in [-0.1, -0.05) is 5.16 Å². The van der Waals surface area contributed by atoms with Crippen LogP contribution in [0.25, 0.3) is 0 Å². The van der Waals surface area contributed by atoms with E-state index in [1.807, 2.05) is 0 Å². The van der Waals surface area contributed by atoms with E-state index in [0.29, 0.717) is 11.7 Å². The summed E-state index contributed by atoms with van der Waals surface area (Å²) in [5.41, 5.74) is 0. The van der Waals surface area contributed by atoms with Gasteiger partial charge in [-0.3, -0.25) is 0 Å². The number of halogens is 1. The largest absolute Gasteiger partial charge is 0.339 e. The molecule has 0 bridgehead atoms. The molecule has 0 saturated heterocycles. The van der Waals surface area contributed by atoms with Crippen LogP contribution in [-0.2, 0) is 16.4 Å². The van der Waals surface area contributed by atoms with Crippen molar-refractivity contribution in [3.63, 3.8) is 0 Å². The van der Waals surface area contributed by atoms with E-state index in [2.05, 4.69) is 19.8 Å². The van der Waals surface area contributed by atoms with Gasteiger partial charge in [-0.15, -0.1) is 0 Å². The zero-order valence-corrected chi connectivity index (χ0v) is 10.8. The molecule has 2 aromatic rings. The van der Waals surface area contributed by atoms with Crippen LogP contribution in [0.3, 0.4) is 0 Å². The smallest absolute Gasteiger partial charge is 0.261 e. The van der Waals surface area contributed by atoms with Gasteiger partial charge in [0.05, 0.1) is 0 Å². The molecule has 0 saturated carbocycles. The second kappa shape index (κ2) is 5.41. The summed E-state index contributed by atoms with van der Waals surface area (Å²) in [4.78, 5) is 7.42. The van der Waals surface area contributed by atoms with Gasteiger partial charge in [-0.05, 0) is 19.1 Å². The van der Waals surface area contributed by atoms with Gasteiger partial charge >= 0.3 is 0 Å². The van der Waals surface area contributed by atoms with Crippen molar-refractivity contribution in [1.82, 2.24) is 19.8 Å². The maximum absolute atomic E-state index is 13.3. The first-order valence-electron chi connectivity index (χ1n) is 5.38. The Hall–Kier alpha value is -1.87. The molecule has 0 atom stereocenters. The first-order chi connectivity index (χ1) is 8.99. The average Bonchev–Trinajstić information content (AvgIpc) is 2.75. The first-order valence-corrected chi connectivity index (χ1v) is 6.87. The van der Waals surface area contributed by atoms with Crippen LogP contribution in [0.4, 0.5) is 4.39 Å². The first kappa shape index (κ1) is 13.6. The number of hydrogen-bond donors (Lipinski definition) is 1. The van der Waals surface area contributed by atoms with Crippen molar-refractivity contribution in [2.45, 2.75) is 18.4 Å². The Morgan fingerprint density at radius 3 is 2.89 bits per heavy atom. The van der Waals surface area contributed by atoms with Crippen LogP contribution >= 0.6 is 0 Å². The van der Waals surface area contributed by atoms with Crippen molar-refractivity contribution in [3.8, 4) is 0 Å². The van der Waals surface area contributed by atoms with Crippen molar-refractivity contribution in [1.29, 1.82) is 0 Å². The molecular formula is C10H11FN4O3S. The third-order valence-corrected chi connectivity index (χ3v) is 3.57. The molecule has 2 heterocycles. The second-order valence-corrected chi connectivity index (χ2v) is 5.36. The standard InChI is InChI=1S/C10H11FN4O3S/c1-7-14-9(18-15-7)4-6-13-19(16,17)10-8(11)3-2-5-12-10/h2-3,5,13H,4,6H2,1H3. The van der Waals surface area contributed by atoms with E-state index in [9.17, 15) is 12.8 Å². The molecule has 0 unspecified atom stereocenters. The Bertz CT molecular complexity index is 671. The third-order valence-electron chi connectivity index (χ3n) is 2.18. The SMILES string of the molecule is Cc1noc(CCNS(=O)(=O)c2ncccc2F)n1. The van der Waals surface area contributed by atoms with E-state index in [0.717, 1.165) is 6.07 Å². The Labute approximate surface area is 108 Å². The van der Waals surface area contributed by atoms with Crippen molar-refractivity contribution < 1.29 is 17.3 Å². The van der Waals surface area contributed by atoms with Gasteiger partial charge in [-0.25, -0.2) is 22.5 Å². The van der Waals surface area contributed by atoms with E-state index in [1.54, 1.807) is 6.92 Å². The minimum Gasteiger partial charge on any atom is -0.339 e. The van der Waals surface area contributed by atoms with Crippen LogP contribution in [0.1, 0.15) is 11.7 Å². The predicted octanol–water partition coefficient (Wildman–Crippen LogP) is 0.433. The fourth-order valence-electron chi connectivity index (χ4n) is 1.37. The molecule has 0 aliphatic rings. The van der Waals surface area contributed by atoms with E-state index in [1.165, 1.54) is 12.3 Å². The van der Waals surface area contributed by atoms with Gasteiger partial charge in [0.2, 0.25) is 10.9 Å². The highest BCUT2D eigenvalue weighted by molar-refractivity contribution is 7.89. The van der Waals surface area contributed by atoms with Crippen LogP contribution < -0.4 is 4.72 Å². The fourth-order valence-corrected chi connectivity index (χ4v) is 2.40. The number of nitrogens with zero attached hydrogens (tertiary/aromatic N) is 3. The quantitative estimate of drug-likeness (QED) is 0.856. The maximum Gasteiger partial charge on any atom is 0.261 e. The molecule has 2 rings (SSSR count). The van der Waals surface area contributed by atoms with Gasteiger partial charge in [0.1, 0.15) is 0 Å². The molecule has 0 amide bonds. The molecule has 0 aliphatic heterocycles. The molecule has 0 fully saturated rings. The number of sulfonamides is 1. The van der Waals surface area contributed by atoms with Crippen molar-refractivity contribution in [3.05, 3.63) is 35.9 Å². The number of rotatable bonds is 5. The third kappa shape index (κ3) is 3.32. The molecule has 102 valence electrons. The van der Waals surface area contributed by atoms with Crippen LogP contribution in [0, 0.1) is 12.7 Å². The van der Waals surface area contributed by atoms with Crippen LogP contribution in [-0.4, -0.2) is 30.1 Å². The monoisotopic (exact) mass is 286 g/mol. The Morgan fingerprint density at radius 2 is 2.26 bits per heavy atom. The summed E-state index contributed by atoms with van der Waals surface area (Å²) in [5.74, 6) is -0.126. The van der Waals surface area contributed by atoms with Gasteiger partial charge < -0.3 is 4.52 Å². The van der Waals surface area contributed by atoms with Gasteiger partial charge in [0.25, 0.3) is 10.0 Å². The Kier molecular flexibility index (Phi) is 3.86. The average molecular weight is 286 g/mol. The molecule has 0 radical (unpaired) electrons. The number of pyridine rings is 1. The van der Waals surface area contributed by atoms with Crippen LogP contribution in [0.15, 0.2) is 27.9 Å². The number of hydrogen-bond acceptors (Lipinski definition) is 6. The summed E-state index contributed by atoms with van der Waals surface area (Å²) in [6.45, 7) is 1.67. The topological polar surface area (TPSA) is 98.0 Å². The predicted molar refractivity (Wildman–Crippen MR) is 62.1 cm³/mol. The van der Waals surface area contributed by atoms with E-state index in [4.69, 9.17) is 4.52 Å². The zero-order chi connectivity index (χ0) is 13.9. The number of nitrogens with one attached hydrogen (secondary N) is 1. The summed E-state index contributed by atoms with van der Waals surface area (Å²) >= 11 is 0. The highest BCUT2D eigenvalue weighted by Gasteiger charge is 2.20. The minimum absolute atomic E-state index is 0.0139. The maximum atomic E-state index is 13.3. The Morgan fingerprint density at radius 1 is 1.47 bits per heavy atom. The molecular weight excluding hydrogens is 275 g/mol. The highest BCUT2D eigenvalue weighted by Crippen LogP contribution is 2.09. The molecule has 19 heavy (non-hydrogen) atoms. The summed E-state index contributed by atoms with van der Waals surface area (Å²) in [5, 5.41) is 2.94. The molecule has 1 N–H and O–H groups in total. The van der Waals surface area contributed by atoms with Crippen LogP contribution in [0.2, 0.25) is 0 Å². The lowest BCUT2D eigenvalue weighted by Crippen LogP contribution is -2.27. The normalized spacial score (nSPS) is 11.7. The fraction of sp³-hybridized carbons (Fsp3) is 0.300. The molecule has 0 spiro atoms. The van der Waals surface area contributed by atoms with E-state index in [-0.39, 0.29) is 13.0 Å². The van der Waals surface area contributed by atoms with Gasteiger partial charge in [0, 0.05) is 19.2 Å². The highest BCUT2D eigenvalue weighted by atomic mass is 32.2. The molecule has 9 heteroatoms. The molecule has 7 nitrogen and oxygen atoms in total. The summed E-state index contributed by atoms with van der Waals surface area (Å²) in [6, 6.07) is 2.35. The molecule has 0 aliphatic carbocycles. The molecule has 2 aromatic heterocycles. The summed E-state index contributed by atoms with van der Waals surface area (Å²) < 4.78 is 43.9. The Balaban J connectivity index is 2.01.